The van der Waals surface area contributed by atoms with Crippen LogP contribution in [0.25, 0.3) is 0 Å². The summed E-state index contributed by atoms with van der Waals surface area (Å²) in [5.74, 6) is 0.249. The van der Waals surface area contributed by atoms with Gasteiger partial charge in [-0.05, 0) is 30.4 Å². The number of para-hydroxylation sites is 1. The van der Waals surface area contributed by atoms with Gasteiger partial charge in [0, 0.05) is 19.2 Å². The van der Waals surface area contributed by atoms with Gasteiger partial charge in [-0.15, -0.1) is 0 Å². The molecule has 3 rings (SSSR count). The third-order valence-corrected chi connectivity index (χ3v) is 4.01. The van der Waals surface area contributed by atoms with Gasteiger partial charge in [-0.1, -0.05) is 42.5 Å². The molecular formula is C18H18N2O3. The average molecular weight is 310 g/mol. The normalized spacial score (nSPS) is 13.6. The van der Waals surface area contributed by atoms with Crippen LogP contribution in [0.2, 0.25) is 0 Å². The minimum absolute atomic E-state index is 0.133. The van der Waals surface area contributed by atoms with Gasteiger partial charge in [0.2, 0.25) is 0 Å². The van der Waals surface area contributed by atoms with E-state index in [2.05, 4.69) is 0 Å². The second-order valence-electron chi connectivity index (χ2n) is 5.89. The number of nitro benzene ring substituents is 1. The lowest BCUT2D eigenvalue weighted by atomic mass is 10.1. The van der Waals surface area contributed by atoms with Crippen LogP contribution in [0.4, 0.5) is 5.69 Å². The lowest BCUT2D eigenvalue weighted by Crippen LogP contribution is -2.32. The summed E-state index contributed by atoms with van der Waals surface area (Å²) in [7, 11) is 0. The van der Waals surface area contributed by atoms with Crippen molar-refractivity contribution in [1.29, 1.82) is 0 Å². The van der Waals surface area contributed by atoms with Gasteiger partial charge >= 0.3 is 0 Å². The number of carbonyl (C=O) groups is 1. The lowest BCUT2D eigenvalue weighted by Gasteiger charge is -2.23. The molecule has 0 N–H and O–H groups in total. The van der Waals surface area contributed by atoms with Crippen LogP contribution in [0.5, 0.6) is 0 Å². The predicted molar refractivity (Wildman–Crippen MR) is 87.0 cm³/mol. The summed E-state index contributed by atoms with van der Waals surface area (Å²) in [5, 5.41) is 11.2. The number of carbonyl (C=O) groups excluding carboxylic acids is 1. The summed E-state index contributed by atoms with van der Waals surface area (Å²) < 4.78 is 0. The number of rotatable bonds is 6. The minimum Gasteiger partial charge on any atom is -0.334 e. The Labute approximate surface area is 134 Å². The van der Waals surface area contributed by atoms with Gasteiger partial charge in [-0.3, -0.25) is 14.9 Å². The molecule has 0 heterocycles. The standard InChI is InChI=1S/C18H18N2O3/c21-18(16-8-4-5-9-17(16)20(22)23)19(13-15-10-11-15)12-14-6-2-1-3-7-14/h1-9,15H,10-13H2. The maximum atomic E-state index is 12.9. The molecule has 0 aromatic heterocycles. The molecule has 0 unspecified atom stereocenters. The topological polar surface area (TPSA) is 63.4 Å². The zero-order chi connectivity index (χ0) is 16.2. The highest BCUT2D eigenvalue weighted by molar-refractivity contribution is 5.98. The van der Waals surface area contributed by atoms with E-state index in [0.717, 1.165) is 18.4 Å². The van der Waals surface area contributed by atoms with Gasteiger partial charge < -0.3 is 4.90 Å². The van der Waals surface area contributed by atoms with Crippen LogP contribution in [0, 0.1) is 16.0 Å². The summed E-state index contributed by atoms with van der Waals surface area (Å²) in [4.78, 5) is 25.3. The smallest absolute Gasteiger partial charge is 0.282 e. The molecule has 1 aliphatic rings. The predicted octanol–water partition coefficient (Wildman–Crippen LogP) is 3.65. The second-order valence-corrected chi connectivity index (χ2v) is 5.89. The molecule has 1 saturated carbocycles. The maximum absolute atomic E-state index is 12.9. The number of hydrogen-bond acceptors (Lipinski definition) is 3. The Morgan fingerprint density at radius 1 is 1.09 bits per heavy atom. The molecule has 5 heteroatoms. The van der Waals surface area contributed by atoms with E-state index in [0.29, 0.717) is 19.0 Å². The highest BCUT2D eigenvalue weighted by atomic mass is 16.6. The third-order valence-electron chi connectivity index (χ3n) is 4.01. The molecule has 0 bridgehead atoms. The van der Waals surface area contributed by atoms with E-state index < -0.39 is 4.92 Å². The van der Waals surface area contributed by atoms with Crippen LogP contribution >= 0.6 is 0 Å². The van der Waals surface area contributed by atoms with Crippen LogP contribution < -0.4 is 0 Å². The Morgan fingerprint density at radius 2 is 1.74 bits per heavy atom. The largest absolute Gasteiger partial charge is 0.334 e. The number of benzene rings is 2. The Bertz CT molecular complexity index is 711. The third kappa shape index (κ3) is 3.74. The van der Waals surface area contributed by atoms with E-state index in [-0.39, 0.29) is 17.2 Å². The van der Waals surface area contributed by atoms with Gasteiger partial charge in [-0.25, -0.2) is 0 Å². The first-order valence-electron chi connectivity index (χ1n) is 7.72. The molecule has 2 aromatic carbocycles. The average Bonchev–Trinajstić information content (AvgIpc) is 3.38. The van der Waals surface area contributed by atoms with Gasteiger partial charge in [0.05, 0.1) is 4.92 Å². The number of hydrogen-bond donors (Lipinski definition) is 0. The van der Waals surface area contributed by atoms with Gasteiger partial charge in [0.1, 0.15) is 5.56 Å². The molecule has 0 saturated heterocycles. The van der Waals surface area contributed by atoms with E-state index in [9.17, 15) is 14.9 Å². The van der Waals surface area contributed by atoms with Gasteiger partial charge in [0.25, 0.3) is 11.6 Å². The quantitative estimate of drug-likeness (QED) is 0.604. The van der Waals surface area contributed by atoms with E-state index in [1.54, 1.807) is 17.0 Å². The van der Waals surface area contributed by atoms with Gasteiger partial charge in [-0.2, -0.15) is 0 Å². The molecule has 118 valence electrons. The van der Waals surface area contributed by atoms with Crippen molar-refractivity contribution in [2.75, 3.05) is 6.54 Å². The van der Waals surface area contributed by atoms with Crippen molar-refractivity contribution in [3.8, 4) is 0 Å². The maximum Gasteiger partial charge on any atom is 0.282 e. The first-order chi connectivity index (χ1) is 11.1. The molecule has 0 radical (unpaired) electrons. The van der Waals surface area contributed by atoms with Crippen LogP contribution in [-0.2, 0) is 6.54 Å². The van der Waals surface area contributed by atoms with Crippen LogP contribution in [-0.4, -0.2) is 22.3 Å². The Hall–Kier alpha value is -2.69. The lowest BCUT2D eigenvalue weighted by molar-refractivity contribution is -0.385. The molecule has 0 spiro atoms. The van der Waals surface area contributed by atoms with Crippen LogP contribution in [0.1, 0.15) is 28.8 Å². The summed E-state index contributed by atoms with van der Waals surface area (Å²) in [5.41, 5.74) is 1.06. The summed E-state index contributed by atoms with van der Waals surface area (Å²) >= 11 is 0. The minimum atomic E-state index is -0.495. The fourth-order valence-corrected chi connectivity index (χ4v) is 2.62. The summed E-state index contributed by atoms with van der Waals surface area (Å²) in [6, 6.07) is 15.9. The Balaban J connectivity index is 1.87. The van der Waals surface area contributed by atoms with Crippen molar-refractivity contribution in [1.82, 2.24) is 4.90 Å². The molecule has 5 nitrogen and oxygen atoms in total. The highest BCUT2D eigenvalue weighted by Crippen LogP contribution is 2.31. The van der Waals surface area contributed by atoms with Crippen molar-refractivity contribution in [3.05, 3.63) is 75.8 Å². The van der Waals surface area contributed by atoms with Crippen molar-refractivity contribution in [2.24, 2.45) is 5.92 Å². The van der Waals surface area contributed by atoms with Crippen LogP contribution in [0.3, 0.4) is 0 Å². The first-order valence-corrected chi connectivity index (χ1v) is 7.72. The van der Waals surface area contributed by atoms with Gasteiger partial charge in [0.15, 0.2) is 0 Å². The van der Waals surface area contributed by atoms with Crippen LogP contribution in [0.15, 0.2) is 54.6 Å². The molecule has 23 heavy (non-hydrogen) atoms. The monoisotopic (exact) mass is 310 g/mol. The van der Waals surface area contributed by atoms with Crippen molar-refractivity contribution < 1.29 is 9.72 Å². The summed E-state index contributed by atoms with van der Waals surface area (Å²) in [6.07, 6.45) is 2.24. The molecule has 1 amide bonds. The Morgan fingerprint density at radius 3 is 2.39 bits per heavy atom. The molecule has 2 aromatic rings. The summed E-state index contributed by atoms with van der Waals surface area (Å²) in [6.45, 7) is 1.13. The SMILES string of the molecule is O=C(c1ccccc1[N+](=O)[O-])N(Cc1ccccc1)CC1CC1. The fourth-order valence-electron chi connectivity index (χ4n) is 2.62. The van der Waals surface area contributed by atoms with Crippen molar-refractivity contribution in [2.45, 2.75) is 19.4 Å². The molecule has 0 aliphatic heterocycles. The zero-order valence-electron chi connectivity index (χ0n) is 12.7. The van der Waals surface area contributed by atoms with Crippen molar-refractivity contribution >= 4 is 11.6 Å². The number of nitrogens with zero attached hydrogens (tertiary/aromatic N) is 2. The van der Waals surface area contributed by atoms with Crippen molar-refractivity contribution in [3.63, 3.8) is 0 Å². The first kappa shape index (κ1) is 15.2. The number of amides is 1. The highest BCUT2D eigenvalue weighted by Gasteiger charge is 2.30. The molecular weight excluding hydrogens is 292 g/mol. The van der Waals surface area contributed by atoms with E-state index in [1.165, 1.54) is 12.1 Å². The number of nitro groups is 1. The van der Waals surface area contributed by atoms with E-state index >= 15 is 0 Å². The fraction of sp³-hybridized carbons (Fsp3) is 0.278. The molecule has 1 aliphatic carbocycles. The second kappa shape index (κ2) is 6.60. The van der Waals surface area contributed by atoms with E-state index in [4.69, 9.17) is 0 Å². The molecule has 1 fully saturated rings. The Kier molecular flexibility index (Phi) is 4.37. The molecule has 0 atom stereocenters. The zero-order valence-corrected chi connectivity index (χ0v) is 12.7. The van der Waals surface area contributed by atoms with E-state index in [1.807, 2.05) is 30.3 Å².